The third-order valence-electron chi connectivity index (χ3n) is 4.79. The van der Waals surface area contributed by atoms with Gasteiger partial charge in [-0.2, -0.15) is 0 Å². The van der Waals surface area contributed by atoms with E-state index in [1.807, 2.05) is 12.1 Å². The van der Waals surface area contributed by atoms with Crippen LogP contribution >= 0.6 is 0 Å². The van der Waals surface area contributed by atoms with Gasteiger partial charge in [0.25, 0.3) is 11.6 Å². The second-order valence-corrected chi connectivity index (χ2v) is 6.53. The predicted octanol–water partition coefficient (Wildman–Crippen LogP) is 1.93. The molecule has 3 rings (SSSR count). The highest BCUT2D eigenvalue weighted by Gasteiger charge is 2.23. The van der Waals surface area contributed by atoms with Crippen molar-refractivity contribution in [1.82, 2.24) is 10.2 Å². The van der Waals surface area contributed by atoms with E-state index in [1.54, 1.807) is 19.1 Å². The maximum absolute atomic E-state index is 12.5. The largest absolute Gasteiger partial charge is 0.493 e. The molecule has 2 aromatic carbocycles. The normalized spacial score (nSPS) is 12.7. The molecule has 0 aliphatic carbocycles. The molecule has 0 fully saturated rings. The maximum atomic E-state index is 12.5. The number of rotatable bonds is 6. The van der Waals surface area contributed by atoms with E-state index in [4.69, 9.17) is 9.47 Å². The molecule has 29 heavy (non-hydrogen) atoms. The van der Waals surface area contributed by atoms with Crippen LogP contribution in [-0.4, -0.2) is 48.9 Å². The van der Waals surface area contributed by atoms with Crippen LogP contribution in [0, 0.1) is 10.1 Å². The van der Waals surface area contributed by atoms with Gasteiger partial charge in [0.15, 0.2) is 11.5 Å². The summed E-state index contributed by atoms with van der Waals surface area (Å²) in [7, 11) is 3.13. The van der Waals surface area contributed by atoms with Crippen molar-refractivity contribution in [2.75, 3.05) is 27.3 Å². The molecule has 1 aliphatic heterocycles. The number of hydrogen-bond acceptors (Lipinski definition) is 6. The first-order valence-corrected chi connectivity index (χ1v) is 8.97. The third-order valence-corrected chi connectivity index (χ3v) is 4.79. The monoisotopic (exact) mass is 399 g/mol. The van der Waals surface area contributed by atoms with Crippen molar-refractivity contribution >= 4 is 17.5 Å². The Morgan fingerprint density at radius 2 is 1.83 bits per heavy atom. The highest BCUT2D eigenvalue weighted by Crippen LogP contribution is 2.33. The molecule has 9 nitrogen and oxygen atoms in total. The smallest absolute Gasteiger partial charge is 0.270 e. The Labute approximate surface area is 167 Å². The molecule has 1 aliphatic rings. The van der Waals surface area contributed by atoms with Crippen LogP contribution in [0.15, 0.2) is 36.4 Å². The topological polar surface area (TPSA) is 111 Å². The summed E-state index contributed by atoms with van der Waals surface area (Å²) in [4.78, 5) is 36.7. The van der Waals surface area contributed by atoms with E-state index in [0.29, 0.717) is 31.0 Å². The molecule has 2 aromatic rings. The summed E-state index contributed by atoms with van der Waals surface area (Å²) in [6.45, 7) is 0.735. The average molecular weight is 399 g/mol. The highest BCUT2D eigenvalue weighted by atomic mass is 16.6. The summed E-state index contributed by atoms with van der Waals surface area (Å²) in [5, 5.41) is 13.4. The molecule has 9 heteroatoms. The van der Waals surface area contributed by atoms with Gasteiger partial charge in [0.1, 0.15) is 0 Å². The van der Waals surface area contributed by atoms with E-state index in [2.05, 4.69) is 5.32 Å². The van der Waals surface area contributed by atoms with Crippen LogP contribution in [0.2, 0.25) is 0 Å². The fraction of sp³-hybridized carbons (Fsp3) is 0.300. The van der Waals surface area contributed by atoms with Gasteiger partial charge in [0, 0.05) is 30.8 Å². The van der Waals surface area contributed by atoms with Crippen LogP contribution in [0.1, 0.15) is 21.5 Å². The molecule has 0 saturated heterocycles. The molecule has 0 atom stereocenters. The van der Waals surface area contributed by atoms with Crippen molar-refractivity contribution in [2.45, 2.75) is 13.0 Å². The first-order valence-electron chi connectivity index (χ1n) is 8.97. The quantitative estimate of drug-likeness (QED) is 0.587. The van der Waals surface area contributed by atoms with Gasteiger partial charge in [0.2, 0.25) is 5.91 Å². The Balaban J connectivity index is 1.63. The van der Waals surface area contributed by atoms with E-state index in [-0.39, 0.29) is 23.7 Å². The maximum Gasteiger partial charge on any atom is 0.270 e. The lowest BCUT2D eigenvalue weighted by atomic mass is 9.98. The van der Waals surface area contributed by atoms with Gasteiger partial charge in [-0.25, -0.2) is 0 Å². The molecule has 1 heterocycles. The summed E-state index contributed by atoms with van der Waals surface area (Å²) < 4.78 is 10.6. The second kappa shape index (κ2) is 8.59. The Morgan fingerprint density at radius 1 is 1.14 bits per heavy atom. The van der Waals surface area contributed by atoms with Crippen LogP contribution in [0.5, 0.6) is 11.5 Å². The fourth-order valence-electron chi connectivity index (χ4n) is 3.23. The number of carbonyl (C=O) groups excluding carboxylic acids is 2. The van der Waals surface area contributed by atoms with Crippen molar-refractivity contribution < 1.29 is 24.0 Å². The zero-order valence-corrected chi connectivity index (χ0v) is 16.1. The van der Waals surface area contributed by atoms with E-state index in [1.165, 1.54) is 24.3 Å². The number of nitro groups is 1. The summed E-state index contributed by atoms with van der Waals surface area (Å²) in [6.07, 6.45) is 0.667. The second-order valence-electron chi connectivity index (χ2n) is 6.53. The summed E-state index contributed by atoms with van der Waals surface area (Å²) in [6, 6.07) is 9.14. The third kappa shape index (κ3) is 4.45. The summed E-state index contributed by atoms with van der Waals surface area (Å²) >= 11 is 0. The minimum absolute atomic E-state index is 0.132. The molecule has 0 saturated carbocycles. The lowest BCUT2D eigenvalue weighted by molar-refractivity contribution is -0.384. The lowest BCUT2D eigenvalue weighted by Crippen LogP contribution is -2.42. The number of non-ortho nitro benzene ring substituents is 1. The van der Waals surface area contributed by atoms with Gasteiger partial charge in [-0.3, -0.25) is 19.7 Å². The highest BCUT2D eigenvalue weighted by molar-refractivity contribution is 5.97. The summed E-state index contributed by atoms with van der Waals surface area (Å²) in [5.41, 5.74) is 2.01. The Kier molecular flexibility index (Phi) is 5.96. The number of hydrogen-bond donors (Lipinski definition) is 1. The van der Waals surface area contributed by atoms with Crippen LogP contribution in [-0.2, 0) is 17.8 Å². The SMILES string of the molecule is COc1cc2c(cc1OC)CN(C(=O)CNC(=O)c1cccc([N+](=O)[O-])c1)CC2. The fourth-order valence-corrected chi connectivity index (χ4v) is 3.23. The van der Waals surface area contributed by atoms with Crippen molar-refractivity contribution in [3.05, 3.63) is 63.2 Å². The zero-order chi connectivity index (χ0) is 21.0. The standard InChI is InChI=1S/C20H21N3O6/c1-28-17-9-13-6-7-22(12-15(13)10-18(17)29-2)19(24)11-21-20(25)14-4-3-5-16(8-14)23(26)27/h3-5,8-10H,6-7,11-12H2,1-2H3,(H,21,25). The van der Waals surface area contributed by atoms with E-state index < -0.39 is 10.8 Å². The molecule has 0 aromatic heterocycles. The van der Waals surface area contributed by atoms with Crippen molar-refractivity contribution in [3.63, 3.8) is 0 Å². The molecule has 152 valence electrons. The van der Waals surface area contributed by atoms with Gasteiger partial charge in [-0.1, -0.05) is 6.07 Å². The van der Waals surface area contributed by atoms with Crippen LogP contribution < -0.4 is 14.8 Å². The number of nitro benzene ring substituents is 1. The molecular formula is C20H21N3O6. The molecule has 0 radical (unpaired) electrons. The number of amides is 2. The number of fused-ring (bicyclic) bond motifs is 1. The number of ether oxygens (including phenoxy) is 2. The Hall–Kier alpha value is -3.62. The van der Waals surface area contributed by atoms with Crippen LogP contribution in [0.3, 0.4) is 0 Å². The van der Waals surface area contributed by atoms with Gasteiger partial charge in [-0.05, 0) is 35.7 Å². The minimum Gasteiger partial charge on any atom is -0.493 e. The Bertz CT molecular complexity index is 959. The van der Waals surface area contributed by atoms with Crippen LogP contribution in [0.4, 0.5) is 5.69 Å². The lowest BCUT2D eigenvalue weighted by Gasteiger charge is -2.29. The van der Waals surface area contributed by atoms with Crippen molar-refractivity contribution in [3.8, 4) is 11.5 Å². The zero-order valence-electron chi connectivity index (χ0n) is 16.1. The van der Waals surface area contributed by atoms with Gasteiger partial charge in [0.05, 0.1) is 25.7 Å². The molecule has 0 unspecified atom stereocenters. The first-order chi connectivity index (χ1) is 13.9. The number of benzene rings is 2. The molecule has 2 amide bonds. The van der Waals surface area contributed by atoms with Crippen molar-refractivity contribution in [1.29, 1.82) is 0 Å². The molecular weight excluding hydrogens is 378 g/mol. The van der Waals surface area contributed by atoms with Gasteiger partial charge < -0.3 is 19.7 Å². The van der Waals surface area contributed by atoms with Gasteiger partial charge in [-0.15, -0.1) is 0 Å². The molecule has 1 N–H and O–H groups in total. The number of nitrogens with one attached hydrogen (secondary N) is 1. The van der Waals surface area contributed by atoms with Gasteiger partial charge >= 0.3 is 0 Å². The molecule has 0 bridgehead atoms. The minimum atomic E-state index is -0.573. The number of carbonyl (C=O) groups is 2. The van der Waals surface area contributed by atoms with Crippen molar-refractivity contribution in [2.24, 2.45) is 0 Å². The number of nitrogens with zero attached hydrogens (tertiary/aromatic N) is 2. The number of methoxy groups -OCH3 is 2. The van der Waals surface area contributed by atoms with E-state index >= 15 is 0 Å². The Morgan fingerprint density at radius 3 is 2.48 bits per heavy atom. The first kappa shape index (κ1) is 20.1. The molecule has 0 spiro atoms. The van der Waals surface area contributed by atoms with E-state index in [9.17, 15) is 19.7 Å². The predicted molar refractivity (Wildman–Crippen MR) is 104 cm³/mol. The van der Waals surface area contributed by atoms with Crippen LogP contribution in [0.25, 0.3) is 0 Å². The van der Waals surface area contributed by atoms with E-state index in [0.717, 1.165) is 11.1 Å². The average Bonchev–Trinajstić information content (AvgIpc) is 2.75. The summed E-state index contributed by atoms with van der Waals surface area (Å²) in [5.74, 6) is 0.477.